The van der Waals surface area contributed by atoms with E-state index in [2.05, 4.69) is 24.1 Å². The number of hydrogen-bond acceptors (Lipinski definition) is 4. The smallest absolute Gasteiger partial charge is 0.264 e. The van der Waals surface area contributed by atoms with Gasteiger partial charge in [-0.05, 0) is 12.2 Å². The Labute approximate surface area is 77.0 Å². The molecule has 0 saturated heterocycles. The summed E-state index contributed by atoms with van der Waals surface area (Å²) < 4.78 is 27.9. The lowest BCUT2D eigenvalue weighted by molar-refractivity contribution is 0.482. The predicted molar refractivity (Wildman–Crippen MR) is 51.0 cm³/mol. The van der Waals surface area contributed by atoms with Crippen molar-refractivity contribution >= 4 is 28.7 Å². The first kappa shape index (κ1) is 14.1. The van der Waals surface area contributed by atoms with Crippen molar-refractivity contribution < 1.29 is 13.0 Å². The second kappa shape index (κ2) is 7.19. The molecule has 0 aromatic heterocycles. The Bertz CT molecular complexity index is 210. The van der Waals surface area contributed by atoms with E-state index in [-0.39, 0.29) is 11.7 Å². The summed E-state index contributed by atoms with van der Waals surface area (Å²) in [7, 11) is -3.74. The maximum atomic E-state index is 9.91. The monoisotopic (exact) mass is 215 g/mol. The van der Waals surface area contributed by atoms with E-state index in [9.17, 15) is 8.42 Å². The van der Waals surface area contributed by atoms with Gasteiger partial charge in [-0.25, -0.2) is 0 Å². The van der Waals surface area contributed by atoms with Gasteiger partial charge in [0, 0.05) is 0 Å². The second-order valence-corrected chi connectivity index (χ2v) is 3.84. The number of hydrogen-bond donors (Lipinski definition) is 5. The predicted octanol–water partition coefficient (Wildman–Crippen LogP) is -0.967. The maximum absolute atomic E-state index is 9.91. The van der Waals surface area contributed by atoms with Crippen LogP contribution in [-0.2, 0) is 10.1 Å². The van der Waals surface area contributed by atoms with Crippen LogP contribution in [0.1, 0.15) is 6.42 Å². The highest BCUT2D eigenvalue weighted by Crippen LogP contribution is 1.88. The fraction of sp³-hybridized carbons (Fsp3) is 0.750. The molecule has 0 aliphatic rings. The first-order valence-electron chi connectivity index (χ1n) is 2.95. The molecule has 0 aromatic carbocycles. The van der Waals surface area contributed by atoms with Gasteiger partial charge in [-0.3, -0.25) is 9.96 Å². The summed E-state index contributed by atoms with van der Waals surface area (Å²) in [5.41, 5.74) is 8.94. The molecular formula is C4H13N3O3S2. The van der Waals surface area contributed by atoms with Crippen LogP contribution >= 0.6 is 12.6 Å². The zero-order valence-corrected chi connectivity index (χ0v) is 8.11. The van der Waals surface area contributed by atoms with Crippen LogP contribution in [-0.4, -0.2) is 30.4 Å². The van der Waals surface area contributed by atoms with Gasteiger partial charge >= 0.3 is 0 Å². The van der Waals surface area contributed by atoms with Crippen molar-refractivity contribution in [3.05, 3.63) is 0 Å². The fourth-order valence-corrected chi connectivity index (χ4v) is 1.13. The van der Waals surface area contributed by atoms with Crippen LogP contribution in [0.15, 0.2) is 0 Å². The number of nitrogens with one attached hydrogen (secondary N) is 1. The van der Waals surface area contributed by atoms with Crippen LogP contribution in [0.4, 0.5) is 0 Å². The van der Waals surface area contributed by atoms with E-state index < -0.39 is 10.1 Å². The molecule has 0 spiro atoms. The lowest BCUT2D eigenvalue weighted by Crippen LogP contribution is -2.20. The van der Waals surface area contributed by atoms with E-state index in [0.29, 0.717) is 12.2 Å². The summed E-state index contributed by atoms with van der Waals surface area (Å²) in [6.07, 6.45) is 0.405. The van der Waals surface area contributed by atoms with Gasteiger partial charge in [-0.15, -0.1) is 0 Å². The van der Waals surface area contributed by atoms with Gasteiger partial charge in [0.25, 0.3) is 10.1 Å². The summed E-state index contributed by atoms with van der Waals surface area (Å²) in [5, 5.41) is 6.06. The Morgan fingerprint density at radius 1 is 1.50 bits per heavy atom. The first-order chi connectivity index (χ1) is 5.29. The molecule has 0 atom stereocenters. The third-order valence-corrected chi connectivity index (χ3v) is 1.68. The number of nitrogens with two attached hydrogens (primary N) is 2. The summed E-state index contributed by atoms with van der Waals surface area (Å²) >= 11 is 3.76. The first-order valence-corrected chi connectivity index (χ1v) is 5.19. The van der Waals surface area contributed by atoms with E-state index in [1.54, 1.807) is 0 Å². The largest absolute Gasteiger partial charge is 0.370 e. The topological polar surface area (TPSA) is 130 Å². The molecule has 0 fully saturated rings. The Kier molecular flexibility index (Phi) is 8.44. The van der Waals surface area contributed by atoms with Crippen LogP contribution in [0.5, 0.6) is 0 Å². The third kappa shape index (κ3) is 33.8. The van der Waals surface area contributed by atoms with Gasteiger partial charge < -0.3 is 11.5 Å². The average molecular weight is 215 g/mol. The lowest BCUT2D eigenvalue weighted by Gasteiger charge is -1.89. The normalized spacial score (nSPS) is 9.83. The number of thiol groups is 1. The zero-order valence-electron chi connectivity index (χ0n) is 6.40. The molecule has 0 bridgehead atoms. The number of guanidine groups is 1. The Morgan fingerprint density at radius 2 is 1.83 bits per heavy atom. The van der Waals surface area contributed by atoms with E-state index >= 15 is 0 Å². The van der Waals surface area contributed by atoms with Crippen molar-refractivity contribution in [2.75, 3.05) is 11.5 Å². The number of rotatable bonds is 3. The Morgan fingerprint density at radius 3 is 1.92 bits per heavy atom. The van der Waals surface area contributed by atoms with Crippen molar-refractivity contribution in [2.45, 2.75) is 6.42 Å². The molecular weight excluding hydrogens is 202 g/mol. The summed E-state index contributed by atoms with van der Waals surface area (Å²) in [6.45, 7) is 0. The highest BCUT2D eigenvalue weighted by Gasteiger charge is 2.00. The molecule has 0 unspecified atom stereocenters. The Hall–Kier alpha value is -0.470. The van der Waals surface area contributed by atoms with Gasteiger partial charge in [-0.2, -0.15) is 21.0 Å². The van der Waals surface area contributed by atoms with Crippen molar-refractivity contribution in [1.82, 2.24) is 0 Å². The van der Waals surface area contributed by atoms with Crippen LogP contribution in [0.2, 0.25) is 0 Å². The molecule has 0 amide bonds. The minimum Gasteiger partial charge on any atom is -0.370 e. The molecule has 6 nitrogen and oxygen atoms in total. The van der Waals surface area contributed by atoms with E-state index in [0.717, 1.165) is 0 Å². The summed E-state index contributed by atoms with van der Waals surface area (Å²) in [5.74, 6) is -0.0315. The van der Waals surface area contributed by atoms with E-state index in [1.807, 2.05) is 0 Å². The van der Waals surface area contributed by atoms with Gasteiger partial charge in [0.05, 0.1) is 5.75 Å². The molecule has 8 heteroatoms. The average Bonchev–Trinajstić information content (AvgIpc) is 1.80. The minimum atomic E-state index is -3.74. The molecule has 0 aliphatic heterocycles. The fourth-order valence-electron chi connectivity index (χ4n) is 0.247. The zero-order chi connectivity index (χ0) is 10.2. The van der Waals surface area contributed by atoms with E-state index in [1.165, 1.54) is 0 Å². The Balaban J connectivity index is 0. The van der Waals surface area contributed by atoms with E-state index in [4.69, 9.17) is 9.96 Å². The molecule has 0 aliphatic carbocycles. The quantitative estimate of drug-likeness (QED) is 0.179. The van der Waals surface area contributed by atoms with Crippen LogP contribution in [0.3, 0.4) is 0 Å². The molecule has 6 N–H and O–H groups in total. The maximum Gasteiger partial charge on any atom is 0.264 e. The van der Waals surface area contributed by atoms with Crippen molar-refractivity contribution in [3.8, 4) is 0 Å². The van der Waals surface area contributed by atoms with Crippen LogP contribution < -0.4 is 11.5 Å². The van der Waals surface area contributed by atoms with Gasteiger partial charge in [-0.1, -0.05) is 0 Å². The summed E-state index contributed by atoms with van der Waals surface area (Å²) in [4.78, 5) is 0. The standard InChI is InChI=1S/C3H8O3S2.CH5N3/c4-8(5,6)3-1-2-7;2-1(3)4/h7H,1-3H2,(H,4,5,6);(H5,2,3,4). The molecule has 0 saturated carbocycles. The van der Waals surface area contributed by atoms with Gasteiger partial charge in [0.2, 0.25) is 0 Å². The SMILES string of the molecule is N=C(N)N.O=S(=O)(O)CCCS. The van der Waals surface area contributed by atoms with Crippen LogP contribution in [0, 0.1) is 5.41 Å². The second-order valence-electron chi connectivity index (χ2n) is 1.82. The molecule has 0 aromatic rings. The minimum absolute atomic E-state index is 0.184. The molecule has 12 heavy (non-hydrogen) atoms. The highest BCUT2D eigenvalue weighted by atomic mass is 32.2. The summed E-state index contributed by atoms with van der Waals surface area (Å²) in [6, 6.07) is 0. The lowest BCUT2D eigenvalue weighted by atomic mass is 10.6. The third-order valence-electron chi connectivity index (χ3n) is 0.560. The molecule has 74 valence electrons. The van der Waals surface area contributed by atoms with Gasteiger partial charge in [0.1, 0.15) is 0 Å². The van der Waals surface area contributed by atoms with Crippen molar-refractivity contribution in [3.63, 3.8) is 0 Å². The van der Waals surface area contributed by atoms with Crippen molar-refractivity contribution in [2.24, 2.45) is 11.5 Å². The molecule has 0 radical (unpaired) electrons. The highest BCUT2D eigenvalue weighted by molar-refractivity contribution is 7.85. The van der Waals surface area contributed by atoms with Gasteiger partial charge in [0.15, 0.2) is 5.96 Å². The molecule has 0 heterocycles. The van der Waals surface area contributed by atoms with Crippen LogP contribution in [0.25, 0.3) is 0 Å². The van der Waals surface area contributed by atoms with Crippen molar-refractivity contribution in [1.29, 1.82) is 5.41 Å². The molecule has 0 rings (SSSR count).